The Morgan fingerprint density at radius 3 is 2.45 bits per heavy atom. The van der Waals surface area contributed by atoms with Gasteiger partial charge in [0.2, 0.25) is 0 Å². The van der Waals surface area contributed by atoms with Crippen molar-refractivity contribution in [1.82, 2.24) is 0 Å². The molecule has 0 atom stereocenters. The van der Waals surface area contributed by atoms with Crippen LogP contribution in [0, 0.1) is 23.3 Å². The number of rotatable bonds is 4. The van der Waals surface area contributed by atoms with Gasteiger partial charge in [0, 0.05) is 0 Å². The summed E-state index contributed by atoms with van der Waals surface area (Å²) >= 11 is 0. The number of carbonyl (C=O) groups excluding carboxylic acids is 1. The van der Waals surface area contributed by atoms with Gasteiger partial charge >= 0.3 is 0 Å². The van der Waals surface area contributed by atoms with Gasteiger partial charge in [-0.25, -0.2) is 17.6 Å². The van der Waals surface area contributed by atoms with E-state index in [1.54, 1.807) is 25.1 Å². The molecule has 116 valence electrons. The average Bonchev–Trinajstić information content (AvgIpc) is 2.51. The molecular formula is C15H11F4NO2. The van der Waals surface area contributed by atoms with Crippen LogP contribution in [-0.4, -0.2) is 12.5 Å². The number of halogens is 4. The molecule has 22 heavy (non-hydrogen) atoms. The summed E-state index contributed by atoms with van der Waals surface area (Å²) in [6.45, 7) is 2.05. The largest absolute Gasteiger partial charge is 0.492 e. The first-order valence-corrected chi connectivity index (χ1v) is 6.31. The van der Waals surface area contributed by atoms with E-state index in [9.17, 15) is 22.4 Å². The van der Waals surface area contributed by atoms with Gasteiger partial charge in [0.25, 0.3) is 5.91 Å². The predicted octanol–water partition coefficient (Wildman–Crippen LogP) is 3.89. The van der Waals surface area contributed by atoms with Crippen LogP contribution < -0.4 is 10.1 Å². The van der Waals surface area contributed by atoms with Gasteiger partial charge in [-0.05, 0) is 25.1 Å². The van der Waals surface area contributed by atoms with E-state index in [0.717, 1.165) is 0 Å². The van der Waals surface area contributed by atoms with E-state index in [1.165, 1.54) is 6.07 Å². The molecule has 0 bridgehead atoms. The Labute approximate surface area is 123 Å². The fourth-order valence-electron chi connectivity index (χ4n) is 1.78. The molecule has 2 aromatic carbocycles. The fourth-order valence-corrected chi connectivity index (χ4v) is 1.78. The van der Waals surface area contributed by atoms with Crippen LogP contribution in [0.5, 0.6) is 5.75 Å². The number of hydrogen-bond donors (Lipinski definition) is 1. The maximum Gasteiger partial charge on any atom is 0.258 e. The Morgan fingerprint density at radius 2 is 1.77 bits per heavy atom. The molecule has 0 aromatic heterocycles. The molecule has 0 aliphatic rings. The quantitative estimate of drug-likeness (QED) is 0.528. The second-order valence-electron chi connectivity index (χ2n) is 4.23. The summed E-state index contributed by atoms with van der Waals surface area (Å²) in [6, 6.07) is 6.56. The molecule has 3 nitrogen and oxygen atoms in total. The lowest BCUT2D eigenvalue weighted by molar-refractivity contribution is 0.102. The van der Waals surface area contributed by atoms with Crippen LogP contribution in [0.1, 0.15) is 17.3 Å². The number of para-hydroxylation sites is 2. The summed E-state index contributed by atoms with van der Waals surface area (Å²) in [5.74, 6) is -8.23. The van der Waals surface area contributed by atoms with Crippen molar-refractivity contribution < 1.29 is 27.1 Å². The summed E-state index contributed by atoms with van der Waals surface area (Å²) in [7, 11) is 0. The van der Waals surface area contributed by atoms with Crippen molar-refractivity contribution in [3.63, 3.8) is 0 Å². The number of anilines is 1. The van der Waals surface area contributed by atoms with Crippen LogP contribution in [0.15, 0.2) is 30.3 Å². The maximum absolute atomic E-state index is 13.6. The summed E-state index contributed by atoms with van der Waals surface area (Å²) in [5, 5.41) is 2.27. The fraction of sp³-hybridized carbons (Fsp3) is 0.133. The summed E-state index contributed by atoms with van der Waals surface area (Å²) in [6.07, 6.45) is 0. The van der Waals surface area contributed by atoms with Crippen LogP contribution in [0.25, 0.3) is 0 Å². The van der Waals surface area contributed by atoms with E-state index in [-0.39, 0.29) is 5.69 Å². The molecule has 0 unspecified atom stereocenters. The van der Waals surface area contributed by atoms with Crippen molar-refractivity contribution in [2.24, 2.45) is 0 Å². The van der Waals surface area contributed by atoms with E-state index < -0.39 is 34.7 Å². The Morgan fingerprint density at radius 1 is 1.09 bits per heavy atom. The first-order valence-electron chi connectivity index (χ1n) is 6.31. The van der Waals surface area contributed by atoms with Gasteiger partial charge < -0.3 is 10.1 Å². The van der Waals surface area contributed by atoms with Gasteiger partial charge in [0.05, 0.1) is 17.9 Å². The monoisotopic (exact) mass is 313 g/mol. The topological polar surface area (TPSA) is 38.3 Å². The number of carbonyl (C=O) groups is 1. The standard InChI is InChI=1S/C15H11F4NO2/c1-2-22-11-6-4-3-5-10(11)20-15(21)8-7-9(16)13(18)14(19)12(8)17/h3-7H,2H2,1H3,(H,20,21). The SMILES string of the molecule is CCOc1ccccc1NC(=O)c1cc(F)c(F)c(F)c1F. The zero-order chi connectivity index (χ0) is 16.3. The minimum atomic E-state index is -2.04. The molecule has 0 aliphatic carbocycles. The van der Waals surface area contributed by atoms with Crippen LogP contribution in [-0.2, 0) is 0 Å². The third-order valence-corrected chi connectivity index (χ3v) is 2.78. The highest BCUT2D eigenvalue weighted by Gasteiger charge is 2.23. The van der Waals surface area contributed by atoms with E-state index in [0.29, 0.717) is 18.4 Å². The minimum absolute atomic E-state index is 0.193. The summed E-state index contributed by atoms with van der Waals surface area (Å²) < 4.78 is 58.0. The second-order valence-corrected chi connectivity index (χ2v) is 4.23. The molecular weight excluding hydrogens is 302 g/mol. The number of benzene rings is 2. The van der Waals surface area contributed by atoms with Gasteiger partial charge in [-0.2, -0.15) is 0 Å². The lowest BCUT2D eigenvalue weighted by Crippen LogP contribution is -2.16. The molecule has 0 saturated heterocycles. The Bertz CT molecular complexity index is 719. The molecule has 1 amide bonds. The molecule has 2 aromatic rings. The smallest absolute Gasteiger partial charge is 0.258 e. The molecule has 1 N–H and O–H groups in total. The van der Waals surface area contributed by atoms with Crippen LogP contribution >= 0.6 is 0 Å². The van der Waals surface area contributed by atoms with Crippen LogP contribution in [0.2, 0.25) is 0 Å². The highest BCUT2D eigenvalue weighted by atomic mass is 19.2. The lowest BCUT2D eigenvalue weighted by Gasteiger charge is -2.12. The first-order chi connectivity index (χ1) is 10.5. The number of amides is 1. The molecule has 0 radical (unpaired) electrons. The van der Waals surface area contributed by atoms with Crippen molar-refractivity contribution in [3.8, 4) is 5.75 Å². The normalized spacial score (nSPS) is 10.4. The van der Waals surface area contributed by atoms with Crippen molar-refractivity contribution >= 4 is 11.6 Å². The van der Waals surface area contributed by atoms with Crippen molar-refractivity contribution in [2.75, 3.05) is 11.9 Å². The molecule has 0 spiro atoms. The van der Waals surface area contributed by atoms with Gasteiger partial charge in [0.1, 0.15) is 5.75 Å². The third kappa shape index (κ3) is 3.03. The number of ether oxygens (including phenoxy) is 1. The number of hydrogen-bond acceptors (Lipinski definition) is 2. The zero-order valence-electron chi connectivity index (χ0n) is 11.4. The van der Waals surface area contributed by atoms with Crippen molar-refractivity contribution in [1.29, 1.82) is 0 Å². The van der Waals surface area contributed by atoms with Gasteiger partial charge in [0.15, 0.2) is 23.3 Å². The molecule has 7 heteroatoms. The average molecular weight is 313 g/mol. The molecule has 0 saturated carbocycles. The minimum Gasteiger partial charge on any atom is -0.492 e. The van der Waals surface area contributed by atoms with E-state index >= 15 is 0 Å². The van der Waals surface area contributed by atoms with Crippen molar-refractivity contribution in [3.05, 3.63) is 59.2 Å². The second kappa shape index (κ2) is 6.46. The summed E-state index contributed by atoms with van der Waals surface area (Å²) in [5.41, 5.74) is -0.749. The van der Waals surface area contributed by atoms with Crippen molar-refractivity contribution in [2.45, 2.75) is 6.92 Å². The van der Waals surface area contributed by atoms with Gasteiger partial charge in [-0.3, -0.25) is 4.79 Å². The Hall–Kier alpha value is -2.57. The van der Waals surface area contributed by atoms with E-state index in [2.05, 4.69) is 5.32 Å². The van der Waals surface area contributed by atoms with Gasteiger partial charge in [-0.1, -0.05) is 12.1 Å². The molecule has 0 heterocycles. The third-order valence-electron chi connectivity index (χ3n) is 2.78. The van der Waals surface area contributed by atoms with Crippen LogP contribution in [0.3, 0.4) is 0 Å². The highest BCUT2D eigenvalue weighted by Crippen LogP contribution is 2.25. The first kappa shape index (κ1) is 15.8. The van der Waals surface area contributed by atoms with E-state index in [1.807, 2.05) is 0 Å². The lowest BCUT2D eigenvalue weighted by atomic mass is 10.1. The molecule has 0 aliphatic heterocycles. The maximum atomic E-state index is 13.6. The Balaban J connectivity index is 2.35. The Kier molecular flexibility index (Phi) is 4.65. The predicted molar refractivity (Wildman–Crippen MR) is 71.8 cm³/mol. The highest BCUT2D eigenvalue weighted by molar-refractivity contribution is 6.05. The molecule has 2 rings (SSSR count). The van der Waals surface area contributed by atoms with Gasteiger partial charge in [-0.15, -0.1) is 0 Å². The molecule has 0 fully saturated rings. The summed E-state index contributed by atoms with van der Waals surface area (Å²) in [4.78, 5) is 11.9. The number of nitrogens with one attached hydrogen (secondary N) is 1. The zero-order valence-corrected chi connectivity index (χ0v) is 11.4. The van der Waals surface area contributed by atoms with E-state index in [4.69, 9.17) is 4.74 Å². The van der Waals surface area contributed by atoms with Crippen LogP contribution in [0.4, 0.5) is 23.2 Å².